The monoisotopic (exact) mass is 240 g/mol. The van der Waals surface area contributed by atoms with Crippen LogP contribution < -0.4 is 5.32 Å². The summed E-state index contributed by atoms with van der Waals surface area (Å²) < 4.78 is 0. The Labute approximate surface area is 109 Å². The van der Waals surface area contributed by atoms with Crippen molar-refractivity contribution in [2.45, 2.75) is 32.9 Å². The van der Waals surface area contributed by atoms with E-state index in [2.05, 4.69) is 60.5 Å². The van der Waals surface area contributed by atoms with Crippen LogP contribution in [0.1, 0.15) is 36.6 Å². The SMILES string of the molecule is CCc1ccc(CN[C@H](C)c2ccncc2)cc1. The molecule has 0 aliphatic heterocycles. The van der Waals surface area contributed by atoms with Crippen LogP contribution >= 0.6 is 0 Å². The molecule has 1 aromatic heterocycles. The number of aromatic nitrogens is 1. The molecule has 18 heavy (non-hydrogen) atoms. The first-order chi connectivity index (χ1) is 8.79. The van der Waals surface area contributed by atoms with Gasteiger partial charge in [-0.15, -0.1) is 0 Å². The summed E-state index contributed by atoms with van der Waals surface area (Å²) in [5.74, 6) is 0. The second-order valence-corrected chi connectivity index (χ2v) is 4.55. The largest absolute Gasteiger partial charge is 0.306 e. The number of nitrogens with zero attached hydrogens (tertiary/aromatic N) is 1. The Hall–Kier alpha value is -1.67. The Morgan fingerprint density at radius 3 is 2.22 bits per heavy atom. The molecule has 0 unspecified atom stereocenters. The lowest BCUT2D eigenvalue weighted by Crippen LogP contribution is -2.18. The van der Waals surface area contributed by atoms with E-state index in [0.29, 0.717) is 6.04 Å². The van der Waals surface area contributed by atoms with Crippen molar-refractivity contribution in [3.05, 3.63) is 65.5 Å². The van der Waals surface area contributed by atoms with E-state index in [-0.39, 0.29) is 0 Å². The molecule has 1 aromatic carbocycles. The summed E-state index contributed by atoms with van der Waals surface area (Å²) in [4.78, 5) is 4.04. The molecule has 1 heterocycles. The Bertz CT molecular complexity index is 462. The van der Waals surface area contributed by atoms with Gasteiger partial charge < -0.3 is 5.32 Å². The van der Waals surface area contributed by atoms with Crippen molar-refractivity contribution in [1.82, 2.24) is 10.3 Å². The van der Waals surface area contributed by atoms with Gasteiger partial charge in [0.15, 0.2) is 0 Å². The average Bonchev–Trinajstić information content (AvgIpc) is 2.46. The van der Waals surface area contributed by atoms with Gasteiger partial charge in [-0.2, -0.15) is 0 Å². The number of hydrogen-bond donors (Lipinski definition) is 1. The highest BCUT2D eigenvalue weighted by Gasteiger charge is 2.03. The van der Waals surface area contributed by atoms with Crippen LogP contribution in [-0.2, 0) is 13.0 Å². The Kier molecular flexibility index (Phi) is 4.48. The predicted octanol–water partition coefficient (Wildman–Crippen LogP) is 3.49. The third kappa shape index (κ3) is 3.41. The highest BCUT2D eigenvalue weighted by molar-refractivity contribution is 5.22. The smallest absolute Gasteiger partial charge is 0.0296 e. The van der Waals surface area contributed by atoms with Gasteiger partial charge in [-0.1, -0.05) is 31.2 Å². The average molecular weight is 240 g/mol. The first kappa shape index (κ1) is 12.8. The van der Waals surface area contributed by atoms with Crippen molar-refractivity contribution in [3.8, 4) is 0 Å². The highest BCUT2D eigenvalue weighted by atomic mass is 14.9. The minimum absolute atomic E-state index is 0.346. The predicted molar refractivity (Wildman–Crippen MR) is 75.3 cm³/mol. The summed E-state index contributed by atoms with van der Waals surface area (Å²) in [5.41, 5.74) is 3.99. The van der Waals surface area contributed by atoms with E-state index in [1.165, 1.54) is 16.7 Å². The van der Waals surface area contributed by atoms with Crippen LogP contribution in [0.4, 0.5) is 0 Å². The first-order valence-corrected chi connectivity index (χ1v) is 6.50. The highest BCUT2D eigenvalue weighted by Crippen LogP contribution is 2.12. The molecule has 0 amide bonds. The van der Waals surface area contributed by atoms with Crippen LogP contribution in [0, 0.1) is 0 Å². The van der Waals surface area contributed by atoms with Crippen molar-refractivity contribution < 1.29 is 0 Å². The second kappa shape index (κ2) is 6.31. The number of hydrogen-bond acceptors (Lipinski definition) is 2. The summed E-state index contributed by atoms with van der Waals surface area (Å²) in [7, 11) is 0. The van der Waals surface area contributed by atoms with Gasteiger partial charge in [0.1, 0.15) is 0 Å². The van der Waals surface area contributed by atoms with Gasteiger partial charge in [-0.3, -0.25) is 4.98 Å². The van der Waals surface area contributed by atoms with E-state index >= 15 is 0 Å². The number of rotatable bonds is 5. The molecule has 0 aliphatic carbocycles. The Morgan fingerprint density at radius 2 is 1.61 bits per heavy atom. The molecule has 2 heteroatoms. The third-order valence-corrected chi connectivity index (χ3v) is 3.25. The maximum atomic E-state index is 4.04. The maximum Gasteiger partial charge on any atom is 0.0296 e. The molecule has 0 radical (unpaired) electrons. The topological polar surface area (TPSA) is 24.9 Å². The Morgan fingerprint density at radius 1 is 1.00 bits per heavy atom. The lowest BCUT2D eigenvalue weighted by atomic mass is 10.1. The molecule has 0 bridgehead atoms. The molecule has 0 saturated carbocycles. The molecule has 0 saturated heterocycles. The molecule has 0 spiro atoms. The lowest BCUT2D eigenvalue weighted by molar-refractivity contribution is 0.574. The zero-order chi connectivity index (χ0) is 12.8. The number of benzene rings is 1. The zero-order valence-corrected chi connectivity index (χ0v) is 11.1. The van der Waals surface area contributed by atoms with E-state index in [1.54, 1.807) is 0 Å². The van der Waals surface area contributed by atoms with E-state index < -0.39 is 0 Å². The third-order valence-electron chi connectivity index (χ3n) is 3.25. The quantitative estimate of drug-likeness (QED) is 0.865. The number of aryl methyl sites for hydroxylation is 1. The maximum absolute atomic E-state index is 4.04. The lowest BCUT2D eigenvalue weighted by Gasteiger charge is -2.14. The standard InChI is InChI=1S/C16H20N2/c1-3-14-4-6-15(7-5-14)12-18-13(2)16-8-10-17-11-9-16/h4-11,13,18H,3,12H2,1-2H3/t13-/m1/s1. The molecule has 94 valence electrons. The molecule has 0 fully saturated rings. The molecular formula is C16H20N2. The van der Waals surface area contributed by atoms with E-state index in [0.717, 1.165) is 13.0 Å². The zero-order valence-electron chi connectivity index (χ0n) is 11.1. The summed E-state index contributed by atoms with van der Waals surface area (Å²) >= 11 is 0. The van der Waals surface area contributed by atoms with Crippen molar-refractivity contribution >= 4 is 0 Å². The molecule has 0 aliphatic rings. The normalized spacial score (nSPS) is 12.3. The van der Waals surface area contributed by atoms with Crippen LogP contribution in [-0.4, -0.2) is 4.98 Å². The minimum atomic E-state index is 0.346. The summed E-state index contributed by atoms with van der Waals surface area (Å²) in [6.45, 7) is 5.25. The van der Waals surface area contributed by atoms with Crippen molar-refractivity contribution in [2.24, 2.45) is 0 Å². The molecule has 1 N–H and O–H groups in total. The van der Waals surface area contributed by atoms with Crippen LogP contribution in [0.3, 0.4) is 0 Å². The van der Waals surface area contributed by atoms with Crippen molar-refractivity contribution in [3.63, 3.8) is 0 Å². The van der Waals surface area contributed by atoms with Gasteiger partial charge in [-0.05, 0) is 42.2 Å². The van der Waals surface area contributed by atoms with Crippen molar-refractivity contribution in [1.29, 1.82) is 0 Å². The molecule has 1 atom stereocenters. The van der Waals surface area contributed by atoms with Crippen LogP contribution in [0.15, 0.2) is 48.8 Å². The fourth-order valence-corrected chi connectivity index (χ4v) is 1.93. The van der Waals surface area contributed by atoms with E-state index in [4.69, 9.17) is 0 Å². The van der Waals surface area contributed by atoms with Crippen molar-refractivity contribution in [2.75, 3.05) is 0 Å². The van der Waals surface area contributed by atoms with Crippen LogP contribution in [0.25, 0.3) is 0 Å². The fourth-order valence-electron chi connectivity index (χ4n) is 1.93. The van der Waals surface area contributed by atoms with E-state index in [9.17, 15) is 0 Å². The number of nitrogens with one attached hydrogen (secondary N) is 1. The molecule has 2 aromatic rings. The van der Waals surface area contributed by atoms with Gasteiger partial charge in [-0.25, -0.2) is 0 Å². The first-order valence-electron chi connectivity index (χ1n) is 6.50. The summed E-state index contributed by atoms with van der Waals surface area (Å²) in [6.07, 6.45) is 4.77. The van der Waals surface area contributed by atoms with Gasteiger partial charge >= 0.3 is 0 Å². The summed E-state index contributed by atoms with van der Waals surface area (Å²) in [5, 5.41) is 3.52. The molecular weight excluding hydrogens is 220 g/mol. The summed E-state index contributed by atoms with van der Waals surface area (Å²) in [6, 6.07) is 13.3. The van der Waals surface area contributed by atoms with Gasteiger partial charge in [0.05, 0.1) is 0 Å². The van der Waals surface area contributed by atoms with Gasteiger partial charge in [0, 0.05) is 25.0 Å². The van der Waals surface area contributed by atoms with E-state index in [1.807, 2.05) is 12.4 Å². The van der Waals surface area contributed by atoms with Gasteiger partial charge in [0.25, 0.3) is 0 Å². The minimum Gasteiger partial charge on any atom is -0.306 e. The van der Waals surface area contributed by atoms with Crippen LogP contribution in [0.2, 0.25) is 0 Å². The molecule has 2 nitrogen and oxygen atoms in total. The second-order valence-electron chi connectivity index (χ2n) is 4.55. The number of pyridine rings is 1. The fraction of sp³-hybridized carbons (Fsp3) is 0.312. The molecule has 2 rings (SSSR count). The Balaban J connectivity index is 1.91. The van der Waals surface area contributed by atoms with Gasteiger partial charge in [0.2, 0.25) is 0 Å². The van der Waals surface area contributed by atoms with Crippen LogP contribution in [0.5, 0.6) is 0 Å².